The Balaban J connectivity index is 2.43. The van der Waals surface area contributed by atoms with Gasteiger partial charge >= 0.3 is 6.18 Å². The summed E-state index contributed by atoms with van der Waals surface area (Å²) >= 11 is 6.73. The second kappa shape index (κ2) is 5.84. The van der Waals surface area contributed by atoms with Crippen molar-refractivity contribution in [3.05, 3.63) is 21.3 Å². The van der Waals surface area contributed by atoms with Gasteiger partial charge in [0.15, 0.2) is 0 Å². The molecule has 0 aromatic carbocycles. The summed E-state index contributed by atoms with van der Waals surface area (Å²) in [5.41, 5.74) is 0. The topological polar surface area (TPSA) is 26.3 Å². The highest BCUT2D eigenvalue weighted by Crippen LogP contribution is 2.24. The van der Waals surface area contributed by atoms with Gasteiger partial charge in [-0.25, -0.2) is 0 Å². The lowest BCUT2D eigenvalue weighted by Gasteiger charge is -2.12. The molecule has 1 unspecified atom stereocenters. The minimum Gasteiger partial charge on any atom is -0.370 e. The summed E-state index contributed by atoms with van der Waals surface area (Å²) in [4.78, 5) is 12.0. The maximum Gasteiger partial charge on any atom is 0.391 e. The molecule has 0 bridgehead atoms. The SMILES string of the molecule is CC(OCCC(F)(F)F)C(=O)c1ccc(Cl)s1. The molecule has 1 aromatic rings. The first kappa shape index (κ1) is 14.5. The van der Waals surface area contributed by atoms with Gasteiger partial charge < -0.3 is 4.74 Å². The lowest BCUT2D eigenvalue weighted by Crippen LogP contribution is -2.22. The van der Waals surface area contributed by atoms with Crippen LogP contribution in [-0.4, -0.2) is 24.7 Å². The quantitative estimate of drug-likeness (QED) is 0.766. The number of Topliss-reactive ketones (excluding diaryl/α,β-unsaturated/α-hetero) is 1. The maximum absolute atomic E-state index is 11.9. The number of halogens is 4. The summed E-state index contributed by atoms with van der Waals surface area (Å²) in [5, 5.41) is 0. The summed E-state index contributed by atoms with van der Waals surface area (Å²) in [5.74, 6) is -0.357. The number of alkyl halides is 3. The molecule has 2 nitrogen and oxygen atoms in total. The van der Waals surface area contributed by atoms with E-state index >= 15 is 0 Å². The fraction of sp³-hybridized carbons (Fsp3) is 0.500. The monoisotopic (exact) mass is 286 g/mol. The van der Waals surface area contributed by atoms with E-state index in [0.29, 0.717) is 9.21 Å². The zero-order chi connectivity index (χ0) is 13.1. The number of ether oxygens (including phenoxy) is 1. The van der Waals surface area contributed by atoms with Crippen molar-refractivity contribution >= 4 is 28.7 Å². The highest BCUT2D eigenvalue weighted by Gasteiger charge is 2.27. The second-order valence-corrected chi connectivity index (χ2v) is 5.06. The molecule has 7 heteroatoms. The Morgan fingerprint density at radius 1 is 1.53 bits per heavy atom. The zero-order valence-corrected chi connectivity index (χ0v) is 10.5. The zero-order valence-electron chi connectivity index (χ0n) is 8.88. The predicted octanol–water partition coefficient (Wildman–Crippen LogP) is 3.94. The lowest BCUT2D eigenvalue weighted by atomic mass is 10.2. The molecule has 0 fully saturated rings. The molecule has 1 atom stereocenters. The molecule has 96 valence electrons. The molecule has 0 amide bonds. The van der Waals surface area contributed by atoms with Gasteiger partial charge in [-0.3, -0.25) is 4.79 Å². The van der Waals surface area contributed by atoms with Crippen molar-refractivity contribution in [1.29, 1.82) is 0 Å². The van der Waals surface area contributed by atoms with Crippen molar-refractivity contribution in [1.82, 2.24) is 0 Å². The van der Waals surface area contributed by atoms with Crippen LogP contribution in [0.3, 0.4) is 0 Å². The first-order chi connectivity index (χ1) is 7.79. The van der Waals surface area contributed by atoms with E-state index in [2.05, 4.69) is 0 Å². The van der Waals surface area contributed by atoms with Crippen LogP contribution in [0.2, 0.25) is 4.34 Å². The molecule has 17 heavy (non-hydrogen) atoms. The molecule has 0 N–H and O–H groups in total. The third-order valence-corrected chi connectivity index (χ3v) is 3.18. The van der Waals surface area contributed by atoms with E-state index in [1.807, 2.05) is 0 Å². The van der Waals surface area contributed by atoms with E-state index in [4.69, 9.17) is 16.3 Å². The molecule has 0 radical (unpaired) electrons. The minimum atomic E-state index is -4.27. The molecule has 0 aliphatic rings. The van der Waals surface area contributed by atoms with Crippen molar-refractivity contribution < 1.29 is 22.7 Å². The molecule has 1 rings (SSSR count). The highest BCUT2D eigenvalue weighted by atomic mass is 35.5. The van der Waals surface area contributed by atoms with E-state index in [-0.39, 0.29) is 5.78 Å². The van der Waals surface area contributed by atoms with E-state index in [1.165, 1.54) is 13.0 Å². The standard InChI is InChI=1S/C10H10ClF3O2S/c1-6(16-5-4-10(12,13)14)9(15)7-2-3-8(11)17-7/h2-3,6H,4-5H2,1H3. The first-order valence-corrected chi connectivity index (χ1v) is 5.97. The Hall–Kier alpha value is -0.590. The molecule has 0 aliphatic heterocycles. The van der Waals surface area contributed by atoms with Gasteiger partial charge in [-0.05, 0) is 19.1 Å². The van der Waals surface area contributed by atoms with Crippen LogP contribution in [0.15, 0.2) is 12.1 Å². The third kappa shape index (κ3) is 5.06. The third-order valence-electron chi connectivity index (χ3n) is 1.94. The number of hydrogen-bond donors (Lipinski definition) is 0. The normalized spacial score (nSPS) is 13.7. The van der Waals surface area contributed by atoms with Crippen LogP contribution in [0.1, 0.15) is 23.0 Å². The number of hydrogen-bond acceptors (Lipinski definition) is 3. The van der Waals surface area contributed by atoms with E-state index in [0.717, 1.165) is 11.3 Å². The van der Waals surface area contributed by atoms with Crippen molar-refractivity contribution in [3.8, 4) is 0 Å². The average molecular weight is 287 g/mol. The summed E-state index contributed by atoms with van der Waals surface area (Å²) < 4.78 is 40.9. The Labute approximate surface area is 105 Å². The molecule has 0 saturated heterocycles. The molecule has 1 heterocycles. The number of thiophene rings is 1. The largest absolute Gasteiger partial charge is 0.391 e. The maximum atomic E-state index is 11.9. The fourth-order valence-electron chi connectivity index (χ4n) is 1.07. The van der Waals surface area contributed by atoms with Gasteiger partial charge in [-0.1, -0.05) is 11.6 Å². The Morgan fingerprint density at radius 2 is 2.18 bits per heavy atom. The smallest absolute Gasteiger partial charge is 0.370 e. The molecular weight excluding hydrogens is 277 g/mol. The molecule has 0 spiro atoms. The van der Waals surface area contributed by atoms with Crippen molar-refractivity contribution in [2.75, 3.05) is 6.61 Å². The highest BCUT2D eigenvalue weighted by molar-refractivity contribution is 7.18. The Bertz CT molecular complexity index is 389. The van der Waals surface area contributed by atoms with Gasteiger partial charge in [0, 0.05) is 0 Å². The van der Waals surface area contributed by atoms with Gasteiger partial charge in [0.05, 0.1) is 22.2 Å². The van der Waals surface area contributed by atoms with E-state index in [1.54, 1.807) is 6.07 Å². The number of rotatable bonds is 5. The number of carbonyl (C=O) groups excluding carboxylic acids is 1. The van der Waals surface area contributed by atoms with Crippen LogP contribution in [0.25, 0.3) is 0 Å². The van der Waals surface area contributed by atoms with Crippen LogP contribution in [-0.2, 0) is 4.74 Å². The molecule has 0 aliphatic carbocycles. The summed E-state index contributed by atoms with van der Waals surface area (Å²) in [6.07, 6.45) is -6.22. The van der Waals surface area contributed by atoms with Crippen molar-refractivity contribution in [2.24, 2.45) is 0 Å². The Kier molecular flexibility index (Phi) is 4.97. The van der Waals surface area contributed by atoms with Crippen LogP contribution >= 0.6 is 22.9 Å². The van der Waals surface area contributed by atoms with Gasteiger partial charge in [-0.2, -0.15) is 13.2 Å². The summed E-state index contributed by atoms with van der Waals surface area (Å²) in [7, 11) is 0. The van der Waals surface area contributed by atoms with Gasteiger partial charge in [0.2, 0.25) is 5.78 Å². The van der Waals surface area contributed by atoms with Gasteiger partial charge in [0.25, 0.3) is 0 Å². The van der Waals surface area contributed by atoms with Crippen LogP contribution in [0.4, 0.5) is 13.2 Å². The van der Waals surface area contributed by atoms with Gasteiger partial charge in [0.1, 0.15) is 6.10 Å². The summed E-state index contributed by atoms with van der Waals surface area (Å²) in [6, 6.07) is 3.08. The number of carbonyl (C=O) groups is 1. The first-order valence-electron chi connectivity index (χ1n) is 4.77. The molecular formula is C10H10ClF3O2S. The van der Waals surface area contributed by atoms with E-state index < -0.39 is 25.3 Å². The average Bonchev–Trinajstić information content (AvgIpc) is 2.61. The van der Waals surface area contributed by atoms with E-state index in [9.17, 15) is 18.0 Å². The lowest BCUT2D eigenvalue weighted by molar-refractivity contribution is -0.146. The number of ketones is 1. The fourth-order valence-corrected chi connectivity index (χ4v) is 2.14. The van der Waals surface area contributed by atoms with Crippen LogP contribution < -0.4 is 0 Å². The second-order valence-electron chi connectivity index (χ2n) is 3.35. The predicted molar refractivity (Wildman–Crippen MR) is 59.7 cm³/mol. The van der Waals surface area contributed by atoms with Gasteiger partial charge in [-0.15, -0.1) is 11.3 Å². The van der Waals surface area contributed by atoms with Crippen LogP contribution in [0.5, 0.6) is 0 Å². The van der Waals surface area contributed by atoms with Crippen LogP contribution in [0, 0.1) is 0 Å². The minimum absolute atomic E-state index is 0.357. The molecule has 0 saturated carbocycles. The molecule has 1 aromatic heterocycles. The Morgan fingerprint density at radius 3 is 2.65 bits per heavy atom. The van der Waals surface area contributed by atoms with Crippen molar-refractivity contribution in [3.63, 3.8) is 0 Å². The van der Waals surface area contributed by atoms with Crippen molar-refractivity contribution in [2.45, 2.75) is 25.6 Å². The summed E-state index contributed by atoms with van der Waals surface area (Å²) in [6.45, 7) is 0.905.